The molecule has 0 aliphatic heterocycles. The number of aromatic nitrogens is 4. The minimum Gasteiger partial charge on any atom is -0.500 e. The second-order valence-electron chi connectivity index (χ2n) is 12.1. The Morgan fingerprint density at radius 3 is 2.22 bits per heavy atom. The van der Waals surface area contributed by atoms with Gasteiger partial charge in [-0.15, -0.1) is 54.1 Å². The van der Waals surface area contributed by atoms with E-state index in [1.54, 1.807) is 12.3 Å². The summed E-state index contributed by atoms with van der Waals surface area (Å²) in [7, 11) is 0. The molecule has 7 heteroatoms. The molecule has 0 aliphatic rings. The molecule has 49 heavy (non-hydrogen) atoms. The van der Waals surface area contributed by atoms with Crippen LogP contribution in [0.15, 0.2) is 132 Å². The number of fused-ring (bicyclic) bond motifs is 6. The fourth-order valence-corrected chi connectivity index (χ4v) is 7.67. The van der Waals surface area contributed by atoms with E-state index in [9.17, 15) is 4.39 Å². The summed E-state index contributed by atoms with van der Waals surface area (Å²) >= 11 is 0. The van der Waals surface area contributed by atoms with Crippen LogP contribution < -0.4 is 0 Å². The van der Waals surface area contributed by atoms with Crippen molar-refractivity contribution in [3.05, 3.63) is 145 Å². The first-order valence-electron chi connectivity index (χ1n) is 15.8. The van der Waals surface area contributed by atoms with Crippen LogP contribution in [0.4, 0.5) is 4.39 Å². The van der Waals surface area contributed by atoms with Gasteiger partial charge < -0.3 is 18.2 Å². The van der Waals surface area contributed by atoms with Gasteiger partial charge in [-0.3, -0.25) is 4.98 Å². The van der Waals surface area contributed by atoms with Crippen molar-refractivity contribution in [2.24, 2.45) is 0 Å². The van der Waals surface area contributed by atoms with Crippen molar-refractivity contribution in [3.8, 4) is 22.6 Å². The van der Waals surface area contributed by atoms with Crippen molar-refractivity contribution in [2.75, 3.05) is 0 Å². The van der Waals surface area contributed by atoms with Gasteiger partial charge in [0.25, 0.3) is 0 Å². The van der Waals surface area contributed by atoms with Crippen LogP contribution in [-0.2, 0) is 20.1 Å². The summed E-state index contributed by atoms with van der Waals surface area (Å²) in [6, 6.07) is 46.1. The standard InChI is InChI=1S/C31H13FN3O.C11H8N.Ir/c32-15-10-11-16-21-7-2-8-22(30(21)36-25(16)14-15)31-33-23-13-12-20-18-5-1-4-17-19-6-3-9-24-27(19)35(26(17)18)28(20)29(23)34(24)31;1-2-6-10(7-3-1)11-8-4-5-9-12-11;/h1-7,9-14H;1-6,8-9H;/q2*-1;. The van der Waals surface area contributed by atoms with Crippen LogP contribution >= 0.6 is 0 Å². The van der Waals surface area contributed by atoms with E-state index in [0.717, 1.165) is 50.0 Å². The van der Waals surface area contributed by atoms with Gasteiger partial charge in [0.05, 0.1) is 44.5 Å². The maximum atomic E-state index is 14.0. The van der Waals surface area contributed by atoms with Crippen LogP contribution in [0.25, 0.3) is 99.2 Å². The number of halogens is 1. The van der Waals surface area contributed by atoms with E-state index in [1.165, 1.54) is 50.2 Å². The maximum Gasteiger partial charge on any atom is 0.126 e. The molecule has 0 bridgehead atoms. The molecule has 12 rings (SSSR count). The number of hydrogen-bond donors (Lipinski definition) is 0. The molecule has 0 unspecified atom stereocenters. The molecule has 0 amide bonds. The number of hydrogen-bond acceptors (Lipinski definition) is 3. The minimum atomic E-state index is -0.317. The molecule has 12 aromatic rings. The summed E-state index contributed by atoms with van der Waals surface area (Å²) < 4.78 is 24.9. The Balaban J connectivity index is 0.000000201. The number of para-hydroxylation sites is 2. The average Bonchev–Trinajstić information content (AvgIpc) is 3.89. The third-order valence-electron chi connectivity index (χ3n) is 9.60. The first-order valence-corrected chi connectivity index (χ1v) is 15.8. The summed E-state index contributed by atoms with van der Waals surface area (Å²) in [5.41, 5.74) is 10.7. The third-order valence-corrected chi connectivity index (χ3v) is 9.60. The number of pyridine rings is 1. The van der Waals surface area contributed by atoms with Gasteiger partial charge in [0.15, 0.2) is 0 Å². The molecule has 0 spiro atoms. The van der Waals surface area contributed by atoms with E-state index < -0.39 is 0 Å². The van der Waals surface area contributed by atoms with Gasteiger partial charge >= 0.3 is 0 Å². The van der Waals surface area contributed by atoms with Crippen molar-refractivity contribution in [2.45, 2.75) is 0 Å². The Kier molecular flexibility index (Phi) is 5.92. The van der Waals surface area contributed by atoms with Crippen LogP contribution in [0.2, 0.25) is 0 Å². The van der Waals surface area contributed by atoms with E-state index in [2.05, 4.69) is 74.4 Å². The van der Waals surface area contributed by atoms with Crippen molar-refractivity contribution in [3.63, 3.8) is 0 Å². The predicted molar refractivity (Wildman–Crippen MR) is 190 cm³/mol. The topological polar surface area (TPSA) is 47.7 Å². The molecule has 0 atom stereocenters. The Morgan fingerprint density at radius 1 is 0.612 bits per heavy atom. The van der Waals surface area contributed by atoms with E-state index in [-0.39, 0.29) is 25.9 Å². The molecule has 0 fully saturated rings. The fourth-order valence-electron chi connectivity index (χ4n) is 7.67. The molecule has 6 aromatic carbocycles. The summed E-state index contributed by atoms with van der Waals surface area (Å²) in [6.07, 6.45) is 1.79. The van der Waals surface area contributed by atoms with Gasteiger partial charge in [0, 0.05) is 59.3 Å². The molecule has 1 radical (unpaired) electrons. The van der Waals surface area contributed by atoms with Gasteiger partial charge in [0.2, 0.25) is 0 Å². The van der Waals surface area contributed by atoms with Crippen LogP contribution in [0.1, 0.15) is 0 Å². The molecule has 0 aliphatic carbocycles. The summed E-state index contributed by atoms with van der Waals surface area (Å²) in [5.74, 6) is 0.458. The van der Waals surface area contributed by atoms with Crippen LogP contribution in [0.5, 0.6) is 0 Å². The molecule has 6 heterocycles. The quantitative estimate of drug-likeness (QED) is 0.129. The molecule has 233 valence electrons. The van der Waals surface area contributed by atoms with E-state index in [0.29, 0.717) is 11.2 Å². The smallest absolute Gasteiger partial charge is 0.126 e. The van der Waals surface area contributed by atoms with Gasteiger partial charge in [-0.1, -0.05) is 53.4 Å². The third kappa shape index (κ3) is 3.77. The first kappa shape index (κ1) is 28.2. The van der Waals surface area contributed by atoms with E-state index in [1.807, 2.05) is 54.6 Å². The number of imidazole rings is 1. The van der Waals surface area contributed by atoms with Gasteiger partial charge in [-0.05, 0) is 42.1 Å². The van der Waals surface area contributed by atoms with Crippen LogP contribution in [-0.4, -0.2) is 18.8 Å². The Bertz CT molecular complexity index is 3090. The molecule has 5 nitrogen and oxygen atoms in total. The first-order chi connectivity index (χ1) is 23.7. The van der Waals surface area contributed by atoms with Crippen molar-refractivity contribution >= 4 is 76.6 Å². The SMILES string of the molecule is Fc1ccc2c(c1)oc1c(-c3nc4ccc5c6cccc7c8cccc9c8n(c76)c5c4n39)[c-]ccc12.[Ir].[c-]1ccccc1-c1ccccn1. The number of furan rings is 1. The van der Waals surface area contributed by atoms with Crippen LogP contribution in [0, 0.1) is 17.9 Å². The molecule has 0 saturated heterocycles. The predicted octanol–water partition coefficient (Wildman–Crippen LogP) is 10.6. The normalized spacial score (nSPS) is 12.0. The van der Waals surface area contributed by atoms with Crippen molar-refractivity contribution < 1.29 is 28.9 Å². The second kappa shape index (κ2) is 10.3. The largest absolute Gasteiger partial charge is 0.500 e. The molecular formula is C42H21FIrN4O-2. The van der Waals surface area contributed by atoms with E-state index in [4.69, 9.17) is 9.40 Å². The monoisotopic (exact) mass is 809 g/mol. The second-order valence-corrected chi connectivity index (χ2v) is 12.1. The minimum absolute atomic E-state index is 0. The summed E-state index contributed by atoms with van der Waals surface area (Å²) in [4.78, 5) is 9.36. The zero-order valence-electron chi connectivity index (χ0n) is 25.5. The maximum absolute atomic E-state index is 14.0. The Labute approximate surface area is 291 Å². The average molecular weight is 809 g/mol. The Morgan fingerprint density at radius 2 is 1.41 bits per heavy atom. The van der Waals surface area contributed by atoms with Gasteiger partial charge in [-0.2, -0.15) is 0 Å². The van der Waals surface area contributed by atoms with Gasteiger partial charge in [-0.25, -0.2) is 4.39 Å². The zero-order valence-corrected chi connectivity index (χ0v) is 27.9. The number of nitrogens with zero attached hydrogens (tertiary/aromatic N) is 4. The van der Waals surface area contributed by atoms with Crippen molar-refractivity contribution in [1.29, 1.82) is 0 Å². The summed E-state index contributed by atoms with van der Waals surface area (Å²) in [5, 5.41) is 6.80. The fraction of sp³-hybridized carbons (Fsp3) is 0. The van der Waals surface area contributed by atoms with Crippen molar-refractivity contribution in [1.82, 2.24) is 18.8 Å². The Hall–Kier alpha value is -5.88. The van der Waals surface area contributed by atoms with E-state index >= 15 is 0 Å². The van der Waals surface area contributed by atoms with Gasteiger partial charge in [0.1, 0.15) is 11.4 Å². The molecule has 0 saturated carbocycles. The van der Waals surface area contributed by atoms with Crippen LogP contribution in [0.3, 0.4) is 0 Å². The number of benzene rings is 6. The molecular weight excluding hydrogens is 788 g/mol. The summed E-state index contributed by atoms with van der Waals surface area (Å²) in [6.45, 7) is 0. The number of rotatable bonds is 2. The zero-order chi connectivity index (χ0) is 31.5. The molecule has 0 N–H and O–H groups in total. The molecule has 6 aromatic heterocycles.